The zero-order chi connectivity index (χ0) is 14.9. The second-order valence-corrected chi connectivity index (χ2v) is 7.40. The lowest BCUT2D eigenvalue weighted by molar-refractivity contribution is -0.0749. The predicted molar refractivity (Wildman–Crippen MR) is 83.6 cm³/mol. The van der Waals surface area contributed by atoms with Crippen LogP contribution in [-0.2, 0) is 11.3 Å². The van der Waals surface area contributed by atoms with Gasteiger partial charge in [0.2, 0.25) is 0 Å². The normalized spacial score (nSPS) is 23.9. The molecule has 1 aromatic heterocycles. The molecule has 0 aromatic carbocycles. The molecule has 0 bridgehead atoms. The number of anilines is 1. The summed E-state index contributed by atoms with van der Waals surface area (Å²) in [5.74, 6) is 0.397. The largest absolute Gasteiger partial charge is 0.391 e. The molecule has 2 heterocycles. The Labute approximate surface area is 125 Å². The Morgan fingerprint density at radius 1 is 1.55 bits per heavy atom. The third-order valence-electron chi connectivity index (χ3n) is 3.78. The lowest BCUT2D eigenvalue weighted by atomic mass is 10.0. The number of morpholine rings is 1. The monoisotopic (exact) mass is 298 g/mol. The van der Waals surface area contributed by atoms with Gasteiger partial charge in [0.15, 0.2) is 5.13 Å². The van der Waals surface area contributed by atoms with Gasteiger partial charge in [0, 0.05) is 13.1 Å². The number of hydrogen-bond acceptors (Lipinski definition) is 5. The van der Waals surface area contributed by atoms with Gasteiger partial charge in [0.1, 0.15) is 0 Å². The van der Waals surface area contributed by atoms with E-state index in [9.17, 15) is 5.11 Å². The second-order valence-electron chi connectivity index (χ2n) is 6.34. The van der Waals surface area contributed by atoms with Gasteiger partial charge in [-0.1, -0.05) is 25.2 Å². The van der Waals surface area contributed by atoms with E-state index in [4.69, 9.17) is 9.72 Å². The van der Waals surface area contributed by atoms with E-state index < -0.39 is 0 Å². The molecule has 1 aliphatic rings. The minimum atomic E-state index is -0.154. The fourth-order valence-electron chi connectivity index (χ4n) is 2.78. The van der Waals surface area contributed by atoms with Gasteiger partial charge in [-0.05, 0) is 33.1 Å². The first kappa shape index (κ1) is 15.7. The third kappa shape index (κ3) is 3.32. The molecule has 0 saturated carbocycles. The Balaban J connectivity index is 2.26. The van der Waals surface area contributed by atoms with Crippen molar-refractivity contribution in [2.45, 2.75) is 65.3 Å². The number of aliphatic hydroxyl groups is 1. The van der Waals surface area contributed by atoms with Gasteiger partial charge in [-0.2, -0.15) is 0 Å². The Morgan fingerprint density at radius 3 is 2.80 bits per heavy atom. The average molecular weight is 298 g/mol. The zero-order valence-electron chi connectivity index (χ0n) is 13.1. The second kappa shape index (κ2) is 6.00. The van der Waals surface area contributed by atoms with Crippen LogP contribution < -0.4 is 4.90 Å². The smallest absolute Gasteiger partial charge is 0.186 e. The molecule has 1 aliphatic heterocycles. The van der Waals surface area contributed by atoms with E-state index in [0.717, 1.165) is 35.2 Å². The molecule has 2 rings (SSSR count). The lowest BCUT2D eigenvalue weighted by Gasteiger charge is -2.41. The van der Waals surface area contributed by atoms with Crippen LogP contribution in [0.4, 0.5) is 5.13 Å². The number of thiazole rings is 1. The van der Waals surface area contributed by atoms with Crippen LogP contribution in [0.3, 0.4) is 0 Å². The highest BCUT2D eigenvalue weighted by Gasteiger charge is 2.33. The molecule has 0 aliphatic carbocycles. The molecule has 20 heavy (non-hydrogen) atoms. The van der Waals surface area contributed by atoms with Crippen molar-refractivity contribution in [3.05, 3.63) is 10.6 Å². The summed E-state index contributed by atoms with van der Waals surface area (Å²) in [6.45, 7) is 12.5. The van der Waals surface area contributed by atoms with E-state index in [1.54, 1.807) is 11.3 Å². The van der Waals surface area contributed by atoms with E-state index in [-0.39, 0.29) is 18.3 Å². The first-order valence-corrected chi connectivity index (χ1v) is 8.21. The molecule has 4 nitrogen and oxygen atoms in total. The summed E-state index contributed by atoms with van der Waals surface area (Å²) >= 11 is 1.62. The van der Waals surface area contributed by atoms with Crippen LogP contribution in [0.15, 0.2) is 0 Å². The highest BCUT2D eigenvalue weighted by molar-refractivity contribution is 7.15. The van der Waals surface area contributed by atoms with Crippen molar-refractivity contribution >= 4 is 16.5 Å². The molecule has 5 heteroatoms. The third-order valence-corrected chi connectivity index (χ3v) is 4.90. The molecule has 1 N–H and O–H groups in total. The molecule has 1 fully saturated rings. The molecule has 2 atom stereocenters. The number of hydrogen-bond donors (Lipinski definition) is 1. The average Bonchev–Trinajstić information content (AvgIpc) is 2.79. The van der Waals surface area contributed by atoms with Crippen LogP contribution in [-0.4, -0.2) is 34.9 Å². The lowest BCUT2D eigenvalue weighted by Crippen LogP contribution is -2.52. The van der Waals surface area contributed by atoms with Crippen LogP contribution in [0.1, 0.15) is 57.5 Å². The summed E-state index contributed by atoms with van der Waals surface area (Å²) in [6, 6.07) is 0. The Bertz CT molecular complexity index is 459. The maximum Gasteiger partial charge on any atom is 0.186 e. The minimum Gasteiger partial charge on any atom is -0.391 e. The Hall–Kier alpha value is -0.650. The van der Waals surface area contributed by atoms with Crippen molar-refractivity contribution in [3.8, 4) is 0 Å². The SMILES string of the molecule is CCC(C)c1nc(N2CC(C)OC(C)(C)C2)sc1CO. The highest BCUT2D eigenvalue weighted by Crippen LogP contribution is 2.34. The molecule has 0 amide bonds. The topological polar surface area (TPSA) is 45.6 Å². The Kier molecular flexibility index (Phi) is 4.72. The van der Waals surface area contributed by atoms with Crippen LogP contribution in [0.2, 0.25) is 0 Å². The van der Waals surface area contributed by atoms with Crippen molar-refractivity contribution in [1.29, 1.82) is 0 Å². The van der Waals surface area contributed by atoms with Crippen LogP contribution >= 0.6 is 11.3 Å². The number of rotatable bonds is 4. The van der Waals surface area contributed by atoms with Gasteiger partial charge < -0.3 is 14.7 Å². The van der Waals surface area contributed by atoms with Crippen molar-refractivity contribution in [1.82, 2.24) is 4.98 Å². The summed E-state index contributed by atoms with van der Waals surface area (Å²) < 4.78 is 5.94. The standard InChI is InChI=1S/C15H26N2O2S/c1-6-10(2)13-12(8-18)20-14(16-13)17-7-11(3)19-15(4,5)9-17/h10-11,18H,6-9H2,1-5H3. The van der Waals surface area contributed by atoms with E-state index in [1.165, 1.54) is 0 Å². The van der Waals surface area contributed by atoms with E-state index in [1.807, 2.05) is 0 Å². The molecule has 114 valence electrons. The van der Waals surface area contributed by atoms with Crippen molar-refractivity contribution < 1.29 is 9.84 Å². The van der Waals surface area contributed by atoms with Crippen LogP contribution in [0.5, 0.6) is 0 Å². The van der Waals surface area contributed by atoms with Gasteiger partial charge in [-0.15, -0.1) is 0 Å². The molecule has 2 unspecified atom stereocenters. The number of ether oxygens (including phenoxy) is 1. The first-order chi connectivity index (χ1) is 9.36. The van der Waals surface area contributed by atoms with Crippen molar-refractivity contribution in [2.75, 3.05) is 18.0 Å². The fourth-order valence-corrected chi connectivity index (χ4v) is 3.83. The number of aromatic nitrogens is 1. The molecular weight excluding hydrogens is 272 g/mol. The van der Waals surface area contributed by atoms with Gasteiger partial charge >= 0.3 is 0 Å². The predicted octanol–water partition coefficient (Wildman–Crippen LogP) is 3.15. The summed E-state index contributed by atoms with van der Waals surface area (Å²) in [4.78, 5) is 8.11. The Morgan fingerprint density at radius 2 is 2.25 bits per heavy atom. The highest BCUT2D eigenvalue weighted by atomic mass is 32.1. The maximum atomic E-state index is 9.56. The molecule has 0 spiro atoms. The fraction of sp³-hybridized carbons (Fsp3) is 0.800. The zero-order valence-corrected chi connectivity index (χ0v) is 14.0. The summed E-state index contributed by atoms with van der Waals surface area (Å²) in [5, 5.41) is 10.6. The molecule has 1 aromatic rings. The first-order valence-electron chi connectivity index (χ1n) is 7.39. The summed E-state index contributed by atoms with van der Waals surface area (Å²) in [7, 11) is 0. The molecular formula is C15H26N2O2S. The minimum absolute atomic E-state index is 0.0840. The van der Waals surface area contributed by atoms with E-state index in [2.05, 4.69) is 39.5 Å². The quantitative estimate of drug-likeness (QED) is 0.927. The van der Waals surface area contributed by atoms with Crippen molar-refractivity contribution in [3.63, 3.8) is 0 Å². The van der Waals surface area contributed by atoms with Crippen LogP contribution in [0, 0.1) is 0 Å². The number of aliphatic hydroxyl groups excluding tert-OH is 1. The van der Waals surface area contributed by atoms with Crippen LogP contribution in [0.25, 0.3) is 0 Å². The van der Waals surface area contributed by atoms with Gasteiger partial charge in [-0.25, -0.2) is 4.98 Å². The van der Waals surface area contributed by atoms with Gasteiger partial charge in [-0.3, -0.25) is 0 Å². The van der Waals surface area contributed by atoms with E-state index >= 15 is 0 Å². The summed E-state index contributed by atoms with van der Waals surface area (Å²) in [5.41, 5.74) is 0.908. The van der Waals surface area contributed by atoms with Gasteiger partial charge in [0.05, 0.1) is 28.9 Å². The molecule has 0 radical (unpaired) electrons. The van der Waals surface area contributed by atoms with Gasteiger partial charge in [0.25, 0.3) is 0 Å². The van der Waals surface area contributed by atoms with E-state index in [0.29, 0.717) is 5.92 Å². The molecule has 1 saturated heterocycles. The number of nitrogens with zero attached hydrogens (tertiary/aromatic N) is 2. The van der Waals surface area contributed by atoms with Crippen molar-refractivity contribution in [2.24, 2.45) is 0 Å². The maximum absolute atomic E-state index is 9.56. The summed E-state index contributed by atoms with van der Waals surface area (Å²) in [6.07, 6.45) is 1.24.